The average Bonchev–Trinajstić information content (AvgIpc) is 1.88. The first-order chi connectivity index (χ1) is 4.70. The first kappa shape index (κ1) is 7.79. The summed E-state index contributed by atoms with van der Waals surface area (Å²) in [5.41, 5.74) is 0. The van der Waals surface area contributed by atoms with E-state index in [-0.39, 0.29) is 5.92 Å². The van der Waals surface area contributed by atoms with Crippen molar-refractivity contribution < 1.29 is 9.90 Å². The van der Waals surface area contributed by atoms with Crippen LogP contribution in [-0.2, 0) is 4.79 Å². The highest BCUT2D eigenvalue weighted by atomic mass is 79.9. The van der Waals surface area contributed by atoms with Gasteiger partial charge in [-0.1, -0.05) is 28.1 Å². The van der Waals surface area contributed by atoms with E-state index in [4.69, 9.17) is 5.11 Å². The number of carboxylic acid groups (broad SMARTS) is 1. The lowest BCUT2D eigenvalue weighted by Crippen LogP contribution is -2.18. The highest BCUT2D eigenvalue weighted by Gasteiger charge is 2.20. The number of carbonyl (C=O) groups is 1. The Morgan fingerprint density at radius 3 is 2.80 bits per heavy atom. The molecule has 1 aliphatic carbocycles. The van der Waals surface area contributed by atoms with Crippen LogP contribution in [0.1, 0.15) is 12.8 Å². The van der Waals surface area contributed by atoms with Gasteiger partial charge in [0.25, 0.3) is 0 Å². The van der Waals surface area contributed by atoms with Gasteiger partial charge in [-0.15, -0.1) is 0 Å². The van der Waals surface area contributed by atoms with Gasteiger partial charge in [-0.3, -0.25) is 4.79 Å². The van der Waals surface area contributed by atoms with Crippen LogP contribution in [0.15, 0.2) is 12.2 Å². The zero-order valence-corrected chi connectivity index (χ0v) is 7.04. The summed E-state index contributed by atoms with van der Waals surface area (Å²) in [5, 5.41) is 8.58. The van der Waals surface area contributed by atoms with Crippen molar-refractivity contribution in [2.75, 3.05) is 0 Å². The molecule has 3 heteroatoms. The van der Waals surface area contributed by atoms with Crippen LogP contribution >= 0.6 is 15.9 Å². The van der Waals surface area contributed by atoms with Gasteiger partial charge in [-0.25, -0.2) is 0 Å². The van der Waals surface area contributed by atoms with Gasteiger partial charge in [-0.2, -0.15) is 0 Å². The zero-order valence-electron chi connectivity index (χ0n) is 5.46. The van der Waals surface area contributed by atoms with E-state index < -0.39 is 5.97 Å². The van der Waals surface area contributed by atoms with Crippen LogP contribution in [0, 0.1) is 5.92 Å². The van der Waals surface area contributed by atoms with E-state index >= 15 is 0 Å². The molecule has 10 heavy (non-hydrogen) atoms. The molecule has 0 amide bonds. The summed E-state index contributed by atoms with van der Waals surface area (Å²) >= 11 is 3.38. The monoisotopic (exact) mass is 204 g/mol. The fraction of sp³-hybridized carbons (Fsp3) is 0.571. The number of rotatable bonds is 1. The van der Waals surface area contributed by atoms with Gasteiger partial charge in [0.1, 0.15) is 0 Å². The highest BCUT2D eigenvalue weighted by molar-refractivity contribution is 9.09. The van der Waals surface area contributed by atoms with Gasteiger partial charge in [-0.05, 0) is 12.8 Å². The molecule has 1 N–H and O–H groups in total. The minimum absolute atomic E-state index is 0.280. The van der Waals surface area contributed by atoms with E-state index in [2.05, 4.69) is 15.9 Å². The number of hydrogen-bond donors (Lipinski definition) is 1. The van der Waals surface area contributed by atoms with Crippen molar-refractivity contribution in [2.24, 2.45) is 5.92 Å². The summed E-state index contributed by atoms with van der Waals surface area (Å²) in [6.45, 7) is 0. The number of carboxylic acids is 1. The molecule has 56 valence electrons. The van der Waals surface area contributed by atoms with E-state index in [1.165, 1.54) is 0 Å². The molecule has 2 atom stereocenters. The molecular weight excluding hydrogens is 196 g/mol. The summed E-state index contributed by atoms with van der Waals surface area (Å²) in [6.07, 6.45) is 5.34. The minimum Gasteiger partial charge on any atom is -0.481 e. The lowest BCUT2D eigenvalue weighted by Gasteiger charge is -2.16. The first-order valence-electron chi connectivity index (χ1n) is 3.23. The molecule has 0 aromatic rings. The van der Waals surface area contributed by atoms with Gasteiger partial charge >= 0.3 is 5.97 Å². The lowest BCUT2D eigenvalue weighted by atomic mass is 9.96. The van der Waals surface area contributed by atoms with Crippen LogP contribution in [0.25, 0.3) is 0 Å². The smallest absolute Gasteiger partial charge is 0.310 e. The predicted molar refractivity (Wildman–Crippen MR) is 42.2 cm³/mol. The molecule has 0 aromatic heterocycles. The second-order valence-electron chi connectivity index (χ2n) is 2.44. The van der Waals surface area contributed by atoms with Crippen molar-refractivity contribution in [1.82, 2.24) is 0 Å². The van der Waals surface area contributed by atoms with Crippen LogP contribution in [0.2, 0.25) is 0 Å². The number of halogens is 1. The second-order valence-corrected chi connectivity index (χ2v) is 3.74. The first-order valence-corrected chi connectivity index (χ1v) is 4.15. The molecule has 0 fully saturated rings. The predicted octanol–water partition coefficient (Wildman–Crippen LogP) is 1.80. The molecule has 0 saturated carbocycles. The van der Waals surface area contributed by atoms with Crippen LogP contribution < -0.4 is 0 Å². The molecule has 0 aromatic carbocycles. The van der Waals surface area contributed by atoms with Gasteiger partial charge in [0, 0.05) is 4.83 Å². The Hall–Kier alpha value is -0.310. The van der Waals surface area contributed by atoms with E-state index in [1.807, 2.05) is 6.08 Å². The molecule has 0 heterocycles. The Balaban J connectivity index is 2.55. The number of hydrogen-bond acceptors (Lipinski definition) is 1. The summed E-state index contributed by atoms with van der Waals surface area (Å²) < 4.78 is 0. The van der Waals surface area contributed by atoms with Crippen LogP contribution in [0.3, 0.4) is 0 Å². The van der Waals surface area contributed by atoms with Crippen molar-refractivity contribution in [3.63, 3.8) is 0 Å². The van der Waals surface area contributed by atoms with Gasteiger partial charge < -0.3 is 5.11 Å². The van der Waals surface area contributed by atoms with Gasteiger partial charge in [0.15, 0.2) is 0 Å². The Kier molecular flexibility index (Phi) is 2.49. The van der Waals surface area contributed by atoms with E-state index in [0.717, 1.165) is 6.42 Å². The number of alkyl halides is 1. The van der Waals surface area contributed by atoms with Crippen molar-refractivity contribution in [2.45, 2.75) is 17.7 Å². The molecule has 2 unspecified atom stereocenters. The van der Waals surface area contributed by atoms with Crippen molar-refractivity contribution >= 4 is 21.9 Å². The Morgan fingerprint density at radius 2 is 2.40 bits per heavy atom. The maximum atomic E-state index is 10.4. The van der Waals surface area contributed by atoms with Crippen LogP contribution in [-0.4, -0.2) is 15.9 Å². The third-order valence-corrected chi connectivity index (χ3v) is 2.33. The summed E-state index contributed by atoms with van der Waals surface area (Å²) in [5.74, 6) is -1.00. The summed E-state index contributed by atoms with van der Waals surface area (Å²) in [4.78, 5) is 10.8. The maximum absolute atomic E-state index is 10.4. The topological polar surface area (TPSA) is 37.3 Å². The largest absolute Gasteiger partial charge is 0.481 e. The molecule has 0 aliphatic heterocycles. The molecule has 0 spiro atoms. The summed E-state index contributed by atoms with van der Waals surface area (Å²) in [7, 11) is 0. The fourth-order valence-corrected chi connectivity index (χ4v) is 1.64. The molecule has 1 rings (SSSR count). The Morgan fingerprint density at radius 1 is 1.70 bits per heavy atom. The standard InChI is InChI=1S/C7H9BrO2/c8-6-3-1-2-5(4-6)7(9)10/h1-2,5-6H,3-4H2,(H,9,10). The van der Waals surface area contributed by atoms with E-state index in [1.54, 1.807) is 6.08 Å². The molecule has 0 bridgehead atoms. The second kappa shape index (κ2) is 3.19. The van der Waals surface area contributed by atoms with Crippen molar-refractivity contribution in [3.05, 3.63) is 12.2 Å². The number of allylic oxidation sites excluding steroid dienone is 1. The van der Waals surface area contributed by atoms with E-state index in [0.29, 0.717) is 11.2 Å². The third-order valence-electron chi connectivity index (χ3n) is 1.59. The van der Waals surface area contributed by atoms with E-state index in [9.17, 15) is 4.79 Å². The minimum atomic E-state index is -0.722. The Bertz CT molecular complexity index is 165. The summed E-state index contributed by atoms with van der Waals surface area (Å²) in [6, 6.07) is 0. The molecule has 1 aliphatic rings. The van der Waals surface area contributed by atoms with Gasteiger partial charge in [0.2, 0.25) is 0 Å². The Labute approximate surface area is 68.1 Å². The number of aliphatic carboxylic acids is 1. The van der Waals surface area contributed by atoms with Gasteiger partial charge in [0.05, 0.1) is 5.92 Å². The third kappa shape index (κ3) is 1.84. The molecule has 0 radical (unpaired) electrons. The quantitative estimate of drug-likeness (QED) is 0.523. The average molecular weight is 205 g/mol. The molecule has 2 nitrogen and oxygen atoms in total. The van der Waals surface area contributed by atoms with Crippen LogP contribution in [0.4, 0.5) is 0 Å². The fourth-order valence-electron chi connectivity index (χ4n) is 1.02. The maximum Gasteiger partial charge on any atom is 0.310 e. The zero-order chi connectivity index (χ0) is 7.56. The highest BCUT2D eigenvalue weighted by Crippen LogP contribution is 2.23. The van der Waals surface area contributed by atoms with Crippen molar-refractivity contribution in [1.29, 1.82) is 0 Å². The molecule has 0 saturated heterocycles. The van der Waals surface area contributed by atoms with Crippen LogP contribution in [0.5, 0.6) is 0 Å². The SMILES string of the molecule is O=C(O)C1C=CCC(Br)C1. The molecular formula is C7H9BrO2. The van der Waals surface area contributed by atoms with Crippen molar-refractivity contribution in [3.8, 4) is 0 Å². The normalized spacial score (nSPS) is 32.1. The lowest BCUT2D eigenvalue weighted by molar-refractivity contribution is -0.140.